The van der Waals surface area contributed by atoms with E-state index in [0.29, 0.717) is 35.8 Å². The zero-order valence-electron chi connectivity index (χ0n) is 15.3. The summed E-state index contributed by atoms with van der Waals surface area (Å²) in [5, 5.41) is 16.6. The van der Waals surface area contributed by atoms with E-state index in [2.05, 4.69) is 4.98 Å². The average Bonchev–Trinajstić information content (AvgIpc) is 2.86. The number of rotatable bonds is 5. The lowest BCUT2D eigenvalue weighted by molar-refractivity contribution is -0.138. The van der Waals surface area contributed by atoms with E-state index in [4.69, 9.17) is 15.9 Å². The molecular formula is C20H20N4O4. The number of amides is 1. The van der Waals surface area contributed by atoms with Crippen LogP contribution in [-0.2, 0) is 15.0 Å². The summed E-state index contributed by atoms with van der Waals surface area (Å²) in [7, 11) is 0. The molecule has 0 unspecified atom stereocenters. The van der Waals surface area contributed by atoms with Gasteiger partial charge in [-0.3, -0.25) is 9.59 Å². The van der Waals surface area contributed by atoms with Gasteiger partial charge >= 0.3 is 5.97 Å². The predicted octanol–water partition coefficient (Wildman–Crippen LogP) is 1.88. The van der Waals surface area contributed by atoms with Gasteiger partial charge in [-0.05, 0) is 30.2 Å². The number of ether oxygens (including phenoxy) is 1. The molecule has 1 amide bonds. The van der Waals surface area contributed by atoms with Crippen molar-refractivity contribution in [2.75, 3.05) is 17.2 Å². The molecule has 144 valence electrons. The molecule has 1 aliphatic carbocycles. The molecule has 1 aromatic carbocycles. The van der Waals surface area contributed by atoms with Gasteiger partial charge in [-0.15, -0.1) is 0 Å². The summed E-state index contributed by atoms with van der Waals surface area (Å²) >= 11 is 0. The number of aryl methyl sites for hydroxylation is 1. The van der Waals surface area contributed by atoms with Gasteiger partial charge in [0, 0.05) is 30.8 Å². The van der Waals surface area contributed by atoms with Crippen LogP contribution in [0.2, 0.25) is 0 Å². The zero-order valence-corrected chi connectivity index (χ0v) is 15.3. The molecule has 2 heterocycles. The number of anilines is 2. The van der Waals surface area contributed by atoms with Crippen molar-refractivity contribution in [1.29, 1.82) is 5.41 Å². The number of hydrogen-bond acceptors (Lipinski definition) is 6. The molecule has 1 spiro atoms. The Bertz CT molecular complexity index is 998. The lowest BCUT2D eigenvalue weighted by Gasteiger charge is -2.43. The van der Waals surface area contributed by atoms with Crippen LogP contribution in [0.1, 0.15) is 29.7 Å². The van der Waals surface area contributed by atoms with Gasteiger partial charge in [0.15, 0.2) is 0 Å². The number of nitrogens with zero attached hydrogens (tertiary/aromatic N) is 2. The number of pyridine rings is 1. The van der Waals surface area contributed by atoms with E-state index in [-0.39, 0.29) is 18.6 Å². The topological polar surface area (TPSA) is 130 Å². The first kappa shape index (κ1) is 18.0. The molecule has 4 N–H and O–H groups in total. The second-order valence-electron chi connectivity index (χ2n) is 7.25. The van der Waals surface area contributed by atoms with Crippen molar-refractivity contribution < 1.29 is 19.4 Å². The van der Waals surface area contributed by atoms with Crippen LogP contribution in [0.5, 0.6) is 5.88 Å². The highest BCUT2D eigenvalue weighted by Crippen LogP contribution is 2.55. The highest BCUT2D eigenvalue weighted by molar-refractivity contribution is 6.11. The van der Waals surface area contributed by atoms with E-state index in [1.165, 1.54) is 4.90 Å². The Morgan fingerprint density at radius 1 is 1.43 bits per heavy atom. The standard InChI is InChI=1S/C20H20N4O4/c1-11-3-2-4-15-18(11)20(19(27)24(15)10-17(25)26)7-12(8-20)28-16-6-5-13(22)14(9-21)23-16/h2-6,9,12,21H,7-8,10,22H2,1H3,(H,25,26). The minimum absolute atomic E-state index is 0.190. The Labute approximate surface area is 161 Å². The predicted molar refractivity (Wildman–Crippen MR) is 103 cm³/mol. The number of aromatic nitrogens is 1. The molecule has 2 aromatic rings. The number of aliphatic carboxylic acids is 1. The second kappa shape index (κ2) is 6.33. The summed E-state index contributed by atoms with van der Waals surface area (Å²) in [5.74, 6) is -0.884. The molecule has 0 bridgehead atoms. The number of fused-ring (bicyclic) bond motifs is 2. The fraction of sp³-hybridized carbons (Fsp3) is 0.300. The molecular weight excluding hydrogens is 360 g/mol. The van der Waals surface area contributed by atoms with E-state index < -0.39 is 11.4 Å². The summed E-state index contributed by atoms with van der Waals surface area (Å²) in [6.07, 6.45) is 1.74. The van der Waals surface area contributed by atoms with Crippen molar-refractivity contribution in [2.24, 2.45) is 0 Å². The van der Waals surface area contributed by atoms with Gasteiger partial charge in [0.2, 0.25) is 11.8 Å². The Morgan fingerprint density at radius 3 is 2.86 bits per heavy atom. The maximum absolute atomic E-state index is 13.1. The minimum Gasteiger partial charge on any atom is -0.480 e. The molecule has 0 radical (unpaired) electrons. The summed E-state index contributed by atoms with van der Waals surface area (Å²) in [4.78, 5) is 29.9. The van der Waals surface area contributed by atoms with Crippen molar-refractivity contribution in [3.8, 4) is 5.88 Å². The number of nitrogens with one attached hydrogen (secondary N) is 1. The molecule has 1 aliphatic heterocycles. The maximum atomic E-state index is 13.1. The van der Waals surface area contributed by atoms with Crippen LogP contribution in [0.4, 0.5) is 11.4 Å². The van der Waals surface area contributed by atoms with E-state index in [1.54, 1.807) is 18.2 Å². The number of hydrogen-bond donors (Lipinski definition) is 3. The monoisotopic (exact) mass is 380 g/mol. The van der Waals surface area contributed by atoms with Gasteiger partial charge < -0.3 is 25.9 Å². The Hall–Kier alpha value is -3.42. The maximum Gasteiger partial charge on any atom is 0.323 e. The summed E-state index contributed by atoms with van der Waals surface area (Å²) < 4.78 is 5.90. The first-order chi connectivity index (χ1) is 13.4. The molecule has 4 rings (SSSR count). The largest absolute Gasteiger partial charge is 0.480 e. The van der Waals surface area contributed by atoms with Crippen molar-refractivity contribution in [3.63, 3.8) is 0 Å². The van der Waals surface area contributed by atoms with Crippen LogP contribution in [0, 0.1) is 12.3 Å². The van der Waals surface area contributed by atoms with Crippen molar-refractivity contribution in [2.45, 2.75) is 31.3 Å². The Morgan fingerprint density at radius 2 is 2.18 bits per heavy atom. The average molecular weight is 380 g/mol. The number of carboxylic acid groups (broad SMARTS) is 1. The number of nitrogens with two attached hydrogens (primary N) is 1. The first-order valence-electron chi connectivity index (χ1n) is 8.93. The Kier molecular flexibility index (Phi) is 4.06. The molecule has 8 nitrogen and oxygen atoms in total. The number of benzene rings is 1. The molecule has 0 saturated heterocycles. The van der Waals surface area contributed by atoms with Crippen LogP contribution in [0.3, 0.4) is 0 Å². The summed E-state index contributed by atoms with van der Waals surface area (Å²) in [6.45, 7) is 1.58. The third-order valence-electron chi connectivity index (χ3n) is 5.48. The van der Waals surface area contributed by atoms with Crippen molar-refractivity contribution in [1.82, 2.24) is 4.98 Å². The van der Waals surface area contributed by atoms with E-state index in [9.17, 15) is 14.7 Å². The smallest absolute Gasteiger partial charge is 0.323 e. The van der Waals surface area contributed by atoms with Gasteiger partial charge in [-0.2, -0.15) is 0 Å². The van der Waals surface area contributed by atoms with Crippen LogP contribution in [0.25, 0.3) is 0 Å². The SMILES string of the molecule is Cc1cccc2c1C1(CC(Oc3ccc(N)c(C=N)n3)C1)C(=O)N2CC(=O)O. The summed E-state index contributed by atoms with van der Waals surface area (Å²) in [5.41, 5.74) is 8.25. The van der Waals surface area contributed by atoms with Crippen molar-refractivity contribution in [3.05, 3.63) is 47.2 Å². The third-order valence-corrected chi connectivity index (χ3v) is 5.48. The van der Waals surface area contributed by atoms with Gasteiger partial charge in [-0.1, -0.05) is 12.1 Å². The van der Waals surface area contributed by atoms with Crippen molar-refractivity contribution >= 4 is 29.5 Å². The quantitative estimate of drug-likeness (QED) is 0.679. The lowest BCUT2D eigenvalue weighted by atomic mass is 9.62. The van der Waals surface area contributed by atoms with Gasteiger partial charge in [0.05, 0.1) is 11.1 Å². The van der Waals surface area contributed by atoms with E-state index in [1.807, 2.05) is 19.1 Å². The molecule has 1 aromatic heterocycles. The van der Waals surface area contributed by atoms with Crippen LogP contribution in [0.15, 0.2) is 30.3 Å². The van der Waals surface area contributed by atoms with Crippen LogP contribution in [-0.4, -0.2) is 40.8 Å². The molecule has 2 aliphatic rings. The summed E-state index contributed by atoms with van der Waals surface area (Å²) in [6, 6.07) is 8.83. The number of nitrogen functional groups attached to an aromatic ring is 1. The lowest BCUT2D eigenvalue weighted by Crippen LogP contribution is -2.54. The van der Waals surface area contributed by atoms with E-state index in [0.717, 1.165) is 17.3 Å². The fourth-order valence-corrected chi connectivity index (χ4v) is 4.27. The van der Waals surface area contributed by atoms with Gasteiger partial charge in [-0.25, -0.2) is 4.98 Å². The van der Waals surface area contributed by atoms with Crippen LogP contribution < -0.4 is 15.4 Å². The second-order valence-corrected chi connectivity index (χ2v) is 7.25. The molecule has 1 fully saturated rings. The Balaban J connectivity index is 1.60. The molecule has 0 atom stereocenters. The highest BCUT2D eigenvalue weighted by Gasteiger charge is 2.60. The zero-order chi connectivity index (χ0) is 20.1. The highest BCUT2D eigenvalue weighted by atomic mass is 16.5. The molecule has 28 heavy (non-hydrogen) atoms. The normalized spacial score (nSPS) is 22.7. The number of carbonyl (C=O) groups excluding carboxylic acids is 1. The molecule has 1 saturated carbocycles. The van der Waals surface area contributed by atoms with E-state index >= 15 is 0 Å². The first-order valence-corrected chi connectivity index (χ1v) is 8.93. The van der Waals surface area contributed by atoms with Gasteiger partial charge in [0.25, 0.3) is 0 Å². The minimum atomic E-state index is -1.05. The number of carboxylic acids is 1. The van der Waals surface area contributed by atoms with Gasteiger partial charge in [0.1, 0.15) is 18.3 Å². The third kappa shape index (κ3) is 2.60. The molecule has 8 heteroatoms. The van der Waals surface area contributed by atoms with Crippen LogP contribution >= 0.6 is 0 Å². The fourth-order valence-electron chi connectivity index (χ4n) is 4.27. The number of carbonyl (C=O) groups is 2.